The van der Waals surface area contributed by atoms with Gasteiger partial charge in [0, 0.05) is 11.6 Å². The van der Waals surface area contributed by atoms with E-state index in [0.29, 0.717) is 5.92 Å². The molecule has 1 saturated heterocycles. The van der Waals surface area contributed by atoms with Gasteiger partial charge in [-0.25, -0.2) is 0 Å². The molecule has 0 radical (unpaired) electrons. The molecule has 18 heavy (non-hydrogen) atoms. The van der Waals surface area contributed by atoms with Crippen molar-refractivity contribution in [2.75, 3.05) is 0 Å². The molecule has 1 aliphatic rings. The van der Waals surface area contributed by atoms with Crippen LogP contribution in [0.4, 0.5) is 0 Å². The van der Waals surface area contributed by atoms with Gasteiger partial charge in [-0.15, -0.1) is 6.58 Å². The van der Waals surface area contributed by atoms with Gasteiger partial charge in [0.2, 0.25) is 0 Å². The maximum Gasteiger partial charge on any atom is 0.535 e. The van der Waals surface area contributed by atoms with Gasteiger partial charge in [-0.3, -0.25) is 0 Å². The molecule has 3 atom stereocenters. The van der Waals surface area contributed by atoms with Crippen LogP contribution in [0.25, 0.3) is 0 Å². The Morgan fingerprint density at radius 2 is 2.00 bits per heavy atom. The molecule has 0 aliphatic carbocycles. The molecule has 1 aromatic carbocycles. The van der Waals surface area contributed by atoms with Gasteiger partial charge in [0.1, 0.15) is 0 Å². The second-order valence-corrected chi connectivity index (χ2v) is 7.19. The van der Waals surface area contributed by atoms with Crippen molar-refractivity contribution in [2.24, 2.45) is 5.92 Å². The lowest BCUT2D eigenvalue weighted by molar-refractivity contribution is -0.0327. The zero-order chi connectivity index (χ0) is 13.2. The van der Waals surface area contributed by atoms with E-state index in [4.69, 9.17) is 8.85 Å². The van der Waals surface area contributed by atoms with E-state index >= 15 is 0 Å². The summed E-state index contributed by atoms with van der Waals surface area (Å²) in [5.74, 6) is 0.346. The fourth-order valence-electron chi connectivity index (χ4n) is 2.10. The third-order valence-corrected chi connectivity index (χ3v) is 5.54. The highest BCUT2D eigenvalue weighted by Gasteiger charge is 2.48. The molecule has 1 unspecified atom stereocenters. The average molecular weight is 264 g/mol. The monoisotopic (exact) mass is 264 g/mol. The summed E-state index contributed by atoms with van der Waals surface area (Å²) in [4.78, 5) is 10.7. The predicted molar refractivity (Wildman–Crippen MR) is 73.4 cm³/mol. The quantitative estimate of drug-likeness (QED) is 0.669. The van der Waals surface area contributed by atoms with Crippen LogP contribution in [-0.2, 0) is 8.85 Å². The minimum atomic E-state index is -3.29. The third kappa shape index (κ3) is 2.72. The number of hydrogen-bond donors (Lipinski definition) is 1. The molecule has 1 aromatic rings. The standard InChI is InChI=1S/C14H20O3Si/c1-4-12-10-14(11(2)3)17-18(15,16-12)13-8-6-5-7-9-13/h4-9,11-12,14-15H,1,10H2,2-3H3/t12-,14-,18?/m0/s1. The van der Waals surface area contributed by atoms with Crippen molar-refractivity contribution in [3.05, 3.63) is 43.0 Å². The van der Waals surface area contributed by atoms with Crippen molar-refractivity contribution in [1.29, 1.82) is 0 Å². The van der Waals surface area contributed by atoms with Gasteiger partial charge in [0.25, 0.3) is 0 Å². The van der Waals surface area contributed by atoms with Crippen LogP contribution in [0.2, 0.25) is 0 Å². The van der Waals surface area contributed by atoms with E-state index in [1.54, 1.807) is 6.08 Å². The van der Waals surface area contributed by atoms with Crippen LogP contribution in [0.1, 0.15) is 20.3 Å². The van der Waals surface area contributed by atoms with Crippen LogP contribution in [0, 0.1) is 5.92 Å². The zero-order valence-electron chi connectivity index (χ0n) is 10.9. The summed E-state index contributed by atoms with van der Waals surface area (Å²) in [6.07, 6.45) is 2.38. The van der Waals surface area contributed by atoms with Crippen molar-refractivity contribution in [3.8, 4) is 0 Å². The fraction of sp³-hybridized carbons (Fsp3) is 0.429. The first-order chi connectivity index (χ1) is 8.55. The van der Waals surface area contributed by atoms with E-state index in [1.165, 1.54) is 0 Å². The van der Waals surface area contributed by atoms with Crippen molar-refractivity contribution in [1.82, 2.24) is 0 Å². The van der Waals surface area contributed by atoms with Gasteiger partial charge < -0.3 is 13.6 Å². The summed E-state index contributed by atoms with van der Waals surface area (Å²) < 4.78 is 11.6. The second-order valence-electron chi connectivity index (χ2n) is 4.98. The summed E-state index contributed by atoms with van der Waals surface area (Å²) in [6, 6.07) is 9.39. The Balaban J connectivity index is 2.28. The lowest BCUT2D eigenvalue weighted by atomic mass is 10.0. The molecule has 0 spiro atoms. The van der Waals surface area contributed by atoms with E-state index in [2.05, 4.69) is 20.4 Å². The molecule has 0 bridgehead atoms. The van der Waals surface area contributed by atoms with Crippen molar-refractivity contribution < 1.29 is 13.6 Å². The van der Waals surface area contributed by atoms with Gasteiger partial charge >= 0.3 is 8.80 Å². The van der Waals surface area contributed by atoms with Crippen molar-refractivity contribution in [3.63, 3.8) is 0 Å². The molecule has 1 fully saturated rings. The molecule has 2 rings (SSSR count). The van der Waals surface area contributed by atoms with Crippen LogP contribution in [-0.4, -0.2) is 25.8 Å². The fourth-order valence-corrected chi connectivity index (χ4v) is 4.42. The number of hydrogen-bond acceptors (Lipinski definition) is 3. The van der Waals surface area contributed by atoms with E-state index in [9.17, 15) is 4.80 Å². The molecule has 3 nitrogen and oxygen atoms in total. The van der Waals surface area contributed by atoms with Crippen LogP contribution in [0.5, 0.6) is 0 Å². The van der Waals surface area contributed by atoms with E-state index in [1.807, 2.05) is 30.3 Å². The van der Waals surface area contributed by atoms with E-state index in [0.717, 1.165) is 11.6 Å². The molecule has 0 aromatic heterocycles. The highest BCUT2D eigenvalue weighted by molar-refractivity contribution is 6.74. The maximum atomic E-state index is 10.7. The van der Waals surface area contributed by atoms with E-state index < -0.39 is 8.80 Å². The average Bonchev–Trinajstić information content (AvgIpc) is 2.39. The zero-order valence-corrected chi connectivity index (χ0v) is 11.9. The van der Waals surface area contributed by atoms with Crippen molar-refractivity contribution in [2.45, 2.75) is 32.5 Å². The lowest BCUT2D eigenvalue weighted by Crippen LogP contribution is -2.61. The summed E-state index contributed by atoms with van der Waals surface area (Å²) in [7, 11) is -3.29. The lowest BCUT2D eigenvalue weighted by Gasteiger charge is -2.39. The Kier molecular flexibility index (Phi) is 4.02. The molecular formula is C14H20O3Si. The molecule has 4 heteroatoms. The Labute approximate surface area is 109 Å². The smallest absolute Gasteiger partial charge is 0.386 e. The summed E-state index contributed by atoms with van der Waals surface area (Å²) >= 11 is 0. The van der Waals surface area contributed by atoms with Gasteiger partial charge in [-0.2, -0.15) is 0 Å². The maximum absolute atomic E-state index is 10.7. The third-order valence-electron chi connectivity index (χ3n) is 3.23. The van der Waals surface area contributed by atoms with Gasteiger partial charge in [-0.1, -0.05) is 50.3 Å². The Bertz CT molecular complexity index is 407. The largest absolute Gasteiger partial charge is 0.535 e. The summed E-state index contributed by atoms with van der Waals surface area (Å²) in [5, 5.41) is 0.752. The molecular weight excluding hydrogens is 244 g/mol. The minimum absolute atomic E-state index is 0.0126. The Morgan fingerprint density at radius 1 is 1.33 bits per heavy atom. The first kappa shape index (κ1) is 13.5. The normalized spacial score (nSPS) is 32.4. The molecule has 0 amide bonds. The van der Waals surface area contributed by atoms with Crippen LogP contribution in [0.15, 0.2) is 43.0 Å². The van der Waals surface area contributed by atoms with Crippen molar-refractivity contribution >= 4 is 14.0 Å². The topological polar surface area (TPSA) is 38.7 Å². The van der Waals surface area contributed by atoms with Crippen LogP contribution in [0.3, 0.4) is 0 Å². The molecule has 98 valence electrons. The first-order valence-corrected chi connectivity index (χ1v) is 8.07. The SMILES string of the molecule is C=C[C@H]1C[C@@H](C(C)C)O[Si](O)(c2ccccc2)O1. The van der Waals surface area contributed by atoms with Gasteiger partial charge in [-0.05, 0) is 5.92 Å². The minimum Gasteiger partial charge on any atom is -0.386 e. The number of rotatable bonds is 3. The summed E-state index contributed by atoms with van der Waals surface area (Å²) in [6.45, 7) is 7.95. The molecule has 1 heterocycles. The highest BCUT2D eigenvalue weighted by Crippen LogP contribution is 2.26. The Morgan fingerprint density at radius 3 is 2.56 bits per heavy atom. The summed E-state index contributed by atoms with van der Waals surface area (Å²) in [5.41, 5.74) is 0. The van der Waals surface area contributed by atoms with Gasteiger partial charge in [0.05, 0.1) is 12.2 Å². The van der Waals surface area contributed by atoms with E-state index in [-0.39, 0.29) is 12.2 Å². The number of benzene rings is 1. The predicted octanol–water partition coefficient (Wildman–Crippen LogP) is 1.84. The highest BCUT2D eigenvalue weighted by atomic mass is 28.4. The molecule has 1 aliphatic heterocycles. The van der Waals surface area contributed by atoms with Crippen LogP contribution >= 0.6 is 0 Å². The van der Waals surface area contributed by atoms with Gasteiger partial charge in [0.15, 0.2) is 0 Å². The second kappa shape index (κ2) is 5.36. The Hall–Kier alpha value is -0.943. The molecule has 1 N–H and O–H groups in total. The molecule has 0 saturated carbocycles. The first-order valence-electron chi connectivity index (χ1n) is 6.31. The van der Waals surface area contributed by atoms with Crippen LogP contribution < -0.4 is 5.19 Å².